The summed E-state index contributed by atoms with van der Waals surface area (Å²) in [5.74, 6) is -0.588. The van der Waals surface area contributed by atoms with E-state index in [1.165, 1.54) is 13.2 Å². The van der Waals surface area contributed by atoms with Crippen LogP contribution in [0.2, 0.25) is 5.02 Å². The van der Waals surface area contributed by atoms with E-state index >= 15 is 0 Å². The quantitative estimate of drug-likeness (QED) is 0.775. The number of methoxy groups -OCH3 is 1. The molecule has 0 aliphatic rings. The van der Waals surface area contributed by atoms with Crippen LogP contribution >= 0.6 is 11.6 Å². The lowest BCUT2D eigenvalue weighted by atomic mass is 10.2. The Labute approximate surface area is 115 Å². The van der Waals surface area contributed by atoms with Crippen molar-refractivity contribution in [3.8, 4) is 5.75 Å². The smallest absolute Gasteiger partial charge is 0.326 e. The van der Waals surface area contributed by atoms with E-state index in [1.807, 2.05) is 0 Å². The third kappa shape index (κ3) is 4.33. The molecule has 0 aliphatic carbocycles. The second-order valence-corrected chi connectivity index (χ2v) is 4.15. The van der Waals surface area contributed by atoms with Crippen molar-refractivity contribution >= 4 is 29.3 Å². The third-order valence-corrected chi connectivity index (χ3v) is 2.72. The van der Waals surface area contributed by atoms with Crippen molar-refractivity contribution in [1.82, 2.24) is 5.32 Å². The number of rotatable bonds is 5. The number of benzene rings is 1. The summed E-state index contributed by atoms with van der Waals surface area (Å²) in [7, 11) is 1.49. The van der Waals surface area contributed by atoms with Crippen LogP contribution in [-0.4, -0.2) is 30.3 Å². The van der Waals surface area contributed by atoms with E-state index in [9.17, 15) is 9.59 Å². The van der Waals surface area contributed by atoms with Gasteiger partial charge in [0.25, 0.3) is 0 Å². The number of halogens is 1. The largest absolute Gasteiger partial charge is 0.495 e. The summed E-state index contributed by atoms with van der Waals surface area (Å²) in [5.41, 5.74) is 0.448. The first kappa shape index (κ1) is 15.1. The van der Waals surface area contributed by atoms with Crippen molar-refractivity contribution in [2.24, 2.45) is 0 Å². The molecule has 1 aromatic carbocycles. The van der Waals surface area contributed by atoms with E-state index in [-0.39, 0.29) is 0 Å². The fraction of sp³-hybridized carbons (Fsp3) is 0.333. The maximum absolute atomic E-state index is 11.6. The van der Waals surface area contributed by atoms with Gasteiger partial charge in [-0.2, -0.15) is 0 Å². The van der Waals surface area contributed by atoms with Gasteiger partial charge in [-0.25, -0.2) is 9.59 Å². The van der Waals surface area contributed by atoms with Gasteiger partial charge in [0.05, 0.1) is 12.1 Å². The zero-order valence-electron chi connectivity index (χ0n) is 10.6. The van der Waals surface area contributed by atoms with Crippen LogP contribution in [-0.2, 0) is 4.79 Å². The van der Waals surface area contributed by atoms with Crippen molar-refractivity contribution in [3.63, 3.8) is 0 Å². The van der Waals surface area contributed by atoms with Crippen LogP contribution in [0.1, 0.15) is 13.3 Å². The lowest BCUT2D eigenvalue weighted by Gasteiger charge is -2.13. The standard InChI is InChI=1S/C12H15ClN2O4/c1-3-9(11(16)17)15-12(18)14-7-4-5-10(19-2)8(13)6-7/h4-6,9H,3H2,1-2H3,(H,16,17)(H2,14,15,18)/t9-/m1/s1. The molecule has 0 aromatic heterocycles. The number of anilines is 1. The van der Waals surface area contributed by atoms with E-state index in [4.69, 9.17) is 21.4 Å². The molecule has 3 N–H and O–H groups in total. The highest BCUT2D eigenvalue weighted by Gasteiger charge is 2.17. The number of aliphatic carboxylic acids is 1. The topological polar surface area (TPSA) is 87.7 Å². The molecule has 1 rings (SSSR count). The van der Waals surface area contributed by atoms with Crippen LogP contribution in [0.15, 0.2) is 18.2 Å². The van der Waals surface area contributed by atoms with Gasteiger partial charge in [-0.15, -0.1) is 0 Å². The van der Waals surface area contributed by atoms with Gasteiger partial charge in [-0.1, -0.05) is 18.5 Å². The first-order valence-electron chi connectivity index (χ1n) is 5.61. The van der Waals surface area contributed by atoms with Gasteiger partial charge < -0.3 is 20.5 Å². The van der Waals surface area contributed by atoms with Crippen LogP contribution in [0.3, 0.4) is 0 Å². The molecule has 19 heavy (non-hydrogen) atoms. The van der Waals surface area contributed by atoms with Crippen molar-refractivity contribution in [1.29, 1.82) is 0 Å². The summed E-state index contributed by atoms with van der Waals surface area (Å²) < 4.78 is 4.98. The second-order valence-electron chi connectivity index (χ2n) is 3.75. The highest BCUT2D eigenvalue weighted by atomic mass is 35.5. The molecule has 104 valence electrons. The molecular weight excluding hydrogens is 272 g/mol. The molecule has 1 atom stereocenters. The summed E-state index contributed by atoms with van der Waals surface area (Å²) in [6, 6.07) is 3.20. The van der Waals surface area contributed by atoms with Crippen LogP contribution in [0.25, 0.3) is 0 Å². The summed E-state index contributed by atoms with van der Waals surface area (Å²) in [5, 5.41) is 14.0. The molecule has 0 spiro atoms. The van der Waals surface area contributed by atoms with E-state index in [2.05, 4.69) is 10.6 Å². The average Bonchev–Trinajstić information content (AvgIpc) is 2.35. The molecule has 0 saturated heterocycles. The number of carboxylic acids is 1. The summed E-state index contributed by atoms with van der Waals surface area (Å²) >= 11 is 5.91. The predicted molar refractivity (Wildman–Crippen MR) is 71.9 cm³/mol. The van der Waals surface area contributed by atoms with Gasteiger partial charge in [0, 0.05) is 5.69 Å². The molecule has 0 radical (unpaired) electrons. The monoisotopic (exact) mass is 286 g/mol. The number of hydrogen-bond acceptors (Lipinski definition) is 3. The number of ether oxygens (including phenoxy) is 1. The number of hydrogen-bond donors (Lipinski definition) is 3. The molecule has 0 aliphatic heterocycles. The number of carboxylic acid groups (broad SMARTS) is 1. The maximum Gasteiger partial charge on any atom is 0.326 e. The number of carbonyl (C=O) groups is 2. The zero-order valence-corrected chi connectivity index (χ0v) is 11.3. The van der Waals surface area contributed by atoms with Crippen LogP contribution in [0, 0.1) is 0 Å². The van der Waals surface area contributed by atoms with Crippen LogP contribution < -0.4 is 15.4 Å². The third-order valence-electron chi connectivity index (χ3n) is 2.42. The molecule has 0 fully saturated rings. The number of urea groups is 1. The maximum atomic E-state index is 11.6. The van der Waals surface area contributed by atoms with E-state index < -0.39 is 18.0 Å². The lowest BCUT2D eigenvalue weighted by molar-refractivity contribution is -0.139. The summed E-state index contributed by atoms with van der Waals surface area (Å²) in [6.45, 7) is 1.67. The minimum absolute atomic E-state index is 0.298. The van der Waals surface area contributed by atoms with E-state index in [1.54, 1.807) is 19.1 Å². The molecular formula is C12H15ClN2O4. The van der Waals surface area contributed by atoms with Gasteiger partial charge in [-0.05, 0) is 24.6 Å². The van der Waals surface area contributed by atoms with Gasteiger partial charge in [0.1, 0.15) is 11.8 Å². The van der Waals surface area contributed by atoms with Crippen molar-refractivity contribution < 1.29 is 19.4 Å². The SMILES string of the molecule is CC[C@@H](NC(=O)Nc1ccc(OC)c(Cl)c1)C(=O)O. The Balaban J connectivity index is 2.67. The zero-order chi connectivity index (χ0) is 14.4. The minimum Gasteiger partial charge on any atom is -0.495 e. The Morgan fingerprint density at radius 2 is 2.16 bits per heavy atom. The fourth-order valence-corrected chi connectivity index (χ4v) is 1.67. The molecule has 0 unspecified atom stereocenters. The molecule has 6 nitrogen and oxygen atoms in total. The number of carbonyl (C=O) groups excluding carboxylic acids is 1. The van der Waals surface area contributed by atoms with Crippen molar-refractivity contribution in [2.45, 2.75) is 19.4 Å². The van der Waals surface area contributed by atoms with Crippen LogP contribution in [0.5, 0.6) is 5.75 Å². The van der Waals surface area contributed by atoms with Crippen molar-refractivity contribution in [2.75, 3.05) is 12.4 Å². The molecule has 2 amide bonds. The highest BCUT2D eigenvalue weighted by Crippen LogP contribution is 2.27. The summed E-state index contributed by atoms with van der Waals surface area (Å²) in [4.78, 5) is 22.4. The fourth-order valence-electron chi connectivity index (χ4n) is 1.41. The average molecular weight is 287 g/mol. The van der Waals surface area contributed by atoms with Gasteiger partial charge in [-0.3, -0.25) is 0 Å². The Bertz CT molecular complexity index is 479. The molecule has 0 saturated carbocycles. The van der Waals surface area contributed by atoms with Gasteiger partial charge in [0.15, 0.2) is 0 Å². The highest BCUT2D eigenvalue weighted by molar-refractivity contribution is 6.32. The van der Waals surface area contributed by atoms with Gasteiger partial charge in [0.2, 0.25) is 0 Å². The summed E-state index contributed by atoms with van der Waals surface area (Å²) in [6.07, 6.45) is 0.298. The first-order valence-corrected chi connectivity index (χ1v) is 5.99. The Hall–Kier alpha value is -1.95. The van der Waals surface area contributed by atoms with Crippen LogP contribution in [0.4, 0.5) is 10.5 Å². The molecule has 0 heterocycles. The lowest BCUT2D eigenvalue weighted by Crippen LogP contribution is -2.42. The Kier molecular flexibility index (Phi) is 5.44. The molecule has 0 bridgehead atoms. The first-order chi connectivity index (χ1) is 8.97. The minimum atomic E-state index is -1.08. The second kappa shape index (κ2) is 6.84. The molecule has 1 aromatic rings. The number of nitrogens with one attached hydrogen (secondary N) is 2. The number of amides is 2. The normalized spacial score (nSPS) is 11.5. The Morgan fingerprint density at radius 1 is 1.47 bits per heavy atom. The molecule has 7 heteroatoms. The van der Waals surface area contributed by atoms with Gasteiger partial charge >= 0.3 is 12.0 Å². The predicted octanol–water partition coefficient (Wildman–Crippen LogP) is 2.33. The van der Waals surface area contributed by atoms with E-state index in [0.717, 1.165) is 0 Å². The van der Waals surface area contributed by atoms with E-state index in [0.29, 0.717) is 22.9 Å². The Morgan fingerprint density at radius 3 is 2.63 bits per heavy atom. The van der Waals surface area contributed by atoms with Crippen molar-refractivity contribution in [3.05, 3.63) is 23.2 Å².